The van der Waals surface area contributed by atoms with Crippen LogP contribution in [0.5, 0.6) is 0 Å². The maximum atomic E-state index is 13.2. The number of halogens is 2. The summed E-state index contributed by atoms with van der Waals surface area (Å²) >= 11 is 5.48. The average molecular weight is 276 g/mol. The lowest BCUT2D eigenvalue weighted by Crippen LogP contribution is -2.22. The molecular weight excluding hydrogens is 261 g/mol. The number of pyridine rings is 1. The molecule has 2 heterocycles. The van der Waals surface area contributed by atoms with Gasteiger partial charge in [-0.3, -0.25) is 0 Å². The van der Waals surface area contributed by atoms with Crippen molar-refractivity contribution in [3.05, 3.63) is 28.8 Å². The Morgan fingerprint density at radius 2 is 2.39 bits per heavy atom. The molecule has 1 aromatic heterocycles. The monoisotopic (exact) mass is 275 g/mol. The molecule has 0 radical (unpaired) electrons. The molecule has 0 spiro atoms. The summed E-state index contributed by atoms with van der Waals surface area (Å²) in [5, 5.41) is 9.78. The van der Waals surface area contributed by atoms with Crippen LogP contribution in [0.1, 0.15) is 31.9 Å². The van der Waals surface area contributed by atoms with Crippen LogP contribution >= 0.6 is 11.6 Å². The van der Waals surface area contributed by atoms with E-state index in [0.29, 0.717) is 18.6 Å². The fourth-order valence-electron chi connectivity index (χ4n) is 1.88. The Hall–Kier alpha value is -0.750. The first-order valence-electron chi connectivity index (χ1n) is 5.68. The number of hydrogen-bond acceptors (Lipinski definition) is 4. The first-order chi connectivity index (χ1) is 8.37. The summed E-state index contributed by atoms with van der Waals surface area (Å²) in [6.07, 6.45) is 0.615. The summed E-state index contributed by atoms with van der Waals surface area (Å²) in [6.45, 7) is 4.03. The zero-order valence-corrected chi connectivity index (χ0v) is 10.9. The minimum Gasteiger partial charge on any atom is -0.388 e. The maximum Gasteiger partial charge on any atom is 0.164 e. The highest BCUT2D eigenvalue weighted by atomic mass is 35.5. The Labute approximate surface area is 110 Å². The van der Waals surface area contributed by atoms with Gasteiger partial charge in [0.25, 0.3) is 0 Å². The average Bonchev–Trinajstić information content (AvgIpc) is 2.62. The quantitative estimate of drug-likeness (QED) is 0.861. The van der Waals surface area contributed by atoms with Crippen molar-refractivity contribution < 1.29 is 19.0 Å². The lowest BCUT2D eigenvalue weighted by atomic mass is 10.1. The molecule has 18 heavy (non-hydrogen) atoms. The van der Waals surface area contributed by atoms with Crippen molar-refractivity contribution in [2.75, 3.05) is 6.61 Å². The molecule has 2 atom stereocenters. The molecule has 2 rings (SSSR count). The third-order valence-corrected chi connectivity index (χ3v) is 3.03. The zero-order valence-electron chi connectivity index (χ0n) is 10.2. The number of hydrogen-bond donors (Lipinski definition) is 1. The summed E-state index contributed by atoms with van der Waals surface area (Å²) in [7, 11) is 0. The van der Waals surface area contributed by atoms with E-state index in [9.17, 15) is 9.50 Å². The summed E-state index contributed by atoms with van der Waals surface area (Å²) in [5.41, 5.74) is 0.380. The number of rotatable bonds is 3. The van der Waals surface area contributed by atoms with Crippen molar-refractivity contribution in [1.29, 1.82) is 0 Å². The molecule has 1 fully saturated rings. The Kier molecular flexibility index (Phi) is 3.87. The van der Waals surface area contributed by atoms with Gasteiger partial charge < -0.3 is 14.6 Å². The van der Waals surface area contributed by atoms with Gasteiger partial charge in [-0.25, -0.2) is 9.37 Å². The number of nitrogens with zero attached hydrogens (tertiary/aromatic N) is 1. The summed E-state index contributed by atoms with van der Waals surface area (Å²) in [4.78, 5) is 3.66. The fraction of sp³-hybridized carbons (Fsp3) is 0.583. The van der Waals surface area contributed by atoms with Gasteiger partial charge in [-0.2, -0.15) is 0 Å². The SMILES string of the molecule is CC1(C)OCC(CC(O)c2cnc(Cl)c(F)c2)O1. The van der Waals surface area contributed by atoms with Crippen molar-refractivity contribution in [3.8, 4) is 0 Å². The number of aliphatic hydroxyl groups is 1. The van der Waals surface area contributed by atoms with Crippen LogP contribution in [0.4, 0.5) is 4.39 Å². The molecule has 1 saturated heterocycles. The van der Waals surface area contributed by atoms with E-state index in [0.717, 1.165) is 0 Å². The van der Waals surface area contributed by atoms with Gasteiger partial charge in [0.2, 0.25) is 0 Å². The minimum atomic E-state index is -0.855. The lowest BCUT2D eigenvalue weighted by molar-refractivity contribution is -0.141. The van der Waals surface area contributed by atoms with Gasteiger partial charge in [0.1, 0.15) is 0 Å². The second kappa shape index (κ2) is 5.09. The molecule has 100 valence electrons. The molecule has 0 aliphatic carbocycles. The molecule has 0 saturated carbocycles. The zero-order chi connectivity index (χ0) is 13.3. The Balaban J connectivity index is 1.99. The molecular formula is C12H15ClFNO3. The van der Waals surface area contributed by atoms with Crippen molar-refractivity contribution in [1.82, 2.24) is 4.98 Å². The van der Waals surface area contributed by atoms with Crippen LogP contribution in [-0.2, 0) is 9.47 Å². The third kappa shape index (κ3) is 3.17. The second-order valence-electron chi connectivity index (χ2n) is 4.74. The smallest absolute Gasteiger partial charge is 0.164 e. The molecule has 1 N–H and O–H groups in total. The van der Waals surface area contributed by atoms with Crippen molar-refractivity contribution in [3.63, 3.8) is 0 Å². The highest BCUT2D eigenvalue weighted by molar-refractivity contribution is 6.29. The molecule has 2 unspecified atom stereocenters. The fourth-order valence-corrected chi connectivity index (χ4v) is 1.99. The third-order valence-electron chi connectivity index (χ3n) is 2.76. The van der Waals surface area contributed by atoms with E-state index < -0.39 is 17.7 Å². The number of ether oxygens (including phenoxy) is 2. The highest BCUT2D eigenvalue weighted by Crippen LogP contribution is 2.29. The standard InChI is InChI=1S/C12H15ClFNO3/c1-12(2)17-6-8(18-12)4-10(16)7-3-9(14)11(13)15-5-7/h3,5,8,10,16H,4,6H2,1-2H3. The molecule has 1 aliphatic rings. The van der Waals surface area contributed by atoms with Crippen LogP contribution in [-0.4, -0.2) is 28.6 Å². The molecule has 0 amide bonds. The number of aromatic nitrogens is 1. The van der Waals surface area contributed by atoms with Crippen molar-refractivity contribution >= 4 is 11.6 Å². The molecule has 1 aliphatic heterocycles. The van der Waals surface area contributed by atoms with Crippen LogP contribution in [0, 0.1) is 5.82 Å². The Bertz CT molecular complexity index is 441. The van der Waals surface area contributed by atoms with E-state index in [1.165, 1.54) is 12.3 Å². The molecule has 0 bridgehead atoms. The first kappa shape index (κ1) is 13.7. The van der Waals surface area contributed by atoms with E-state index in [2.05, 4.69) is 4.98 Å². The van der Waals surface area contributed by atoms with Crippen LogP contribution in [0.15, 0.2) is 12.3 Å². The lowest BCUT2D eigenvalue weighted by Gasteiger charge is -2.19. The van der Waals surface area contributed by atoms with Gasteiger partial charge in [-0.15, -0.1) is 0 Å². The van der Waals surface area contributed by atoms with Crippen LogP contribution in [0.25, 0.3) is 0 Å². The summed E-state index contributed by atoms with van der Waals surface area (Å²) in [6, 6.07) is 1.18. The maximum absolute atomic E-state index is 13.2. The molecule has 0 aromatic carbocycles. The number of aliphatic hydroxyl groups excluding tert-OH is 1. The van der Waals surface area contributed by atoms with E-state index in [1.807, 2.05) is 13.8 Å². The highest BCUT2D eigenvalue weighted by Gasteiger charge is 2.34. The Morgan fingerprint density at radius 1 is 1.67 bits per heavy atom. The van der Waals surface area contributed by atoms with E-state index in [1.54, 1.807) is 0 Å². The van der Waals surface area contributed by atoms with Crippen molar-refractivity contribution in [2.24, 2.45) is 0 Å². The van der Waals surface area contributed by atoms with Crippen LogP contribution < -0.4 is 0 Å². The molecule has 1 aromatic rings. The van der Waals surface area contributed by atoms with Gasteiger partial charge in [0.05, 0.1) is 18.8 Å². The van der Waals surface area contributed by atoms with E-state index in [4.69, 9.17) is 21.1 Å². The molecule has 4 nitrogen and oxygen atoms in total. The largest absolute Gasteiger partial charge is 0.388 e. The van der Waals surface area contributed by atoms with Crippen LogP contribution in [0.3, 0.4) is 0 Å². The summed E-state index contributed by atoms with van der Waals surface area (Å²) < 4.78 is 24.2. The van der Waals surface area contributed by atoms with Gasteiger partial charge >= 0.3 is 0 Å². The van der Waals surface area contributed by atoms with Crippen molar-refractivity contribution in [2.45, 2.75) is 38.3 Å². The predicted octanol–water partition coefficient (Wildman–Crippen LogP) is 2.45. The van der Waals surface area contributed by atoms with E-state index >= 15 is 0 Å². The minimum absolute atomic E-state index is 0.201. The van der Waals surface area contributed by atoms with Crippen LogP contribution in [0.2, 0.25) is 5.15 Å². The van der Waals surface area contributed by atoms with E-state index in [-0.39, 0.29) is 11.3 Å². The predicted molar refractivity (Wildman–Crippen MR) is 63.7 cm³/mol. The van der Waals surface area contributed by atoms with Gasteiger partial charge in [-0.1, -0.05) is 11.6 Å². The summed E-state index contributed by atoms with van der Waals surface area (Å²) in [5.74, 6) is -1.27. The second-order valence-corrected chi connectivity index (χ2v) is 5.10. The van der Waals surface area contributed by atoms with Gasteiger partial charge in [-0.05, 0) is 19.9 Å². The van der Waals surface area contributed by atoms with Gasteiger partial charge in [0, 0.05) is 18.2 Å². The van der Waals surface area contributed by atoms with Gasteiger partial charge in [0.15, 0.2) is 16.8 Å². The topological polar surface area (TPSA) is 51.6 Å². The first-order valence-corrected chi connectivity index (χ1v) is 6.06. The molecule has 6 heteroatoms. The normalized spacial score (nSPS) is 24.2. The Morgan fingerprint density at radius 3 is 2.94 bits per heavy atom.